The van der Waals surface area contributed by atoms with Crippen LogP contribution in [0.5, 0.6) is 0 Å². The first-order chi connectivity index (χ1) is 32.1. The van der Waals surface area contributed by atoms with Gasteiger partial charge in [0.1, 0.15) is 13.2 Å². The third-order valence-electron chi connectivity index (χ3n) is 13.6. The molecule has 0 aliphatic heterocycles. The minimum absolute atomic E-state index is 0.0635. The lowest BCUT2D eigenvalue weighted by Crippen LogP contribution is -2.30. The van der Waals surface area contributed by atoms with Gasteiger partial charge in [-0.2, -0.15) is 0 Å². The largest absolute Gasteiger partial charge is 0.462 e. The van der Waals surface area contributed by atoms with Crippen molar-refractivity contribution in [2.75, 3.05) is 13.2 Å². The smallest absolute Gasteiger partial charge is 0.306 e. The summed E-state index contributed by atoms with van der Waals surface area (Å²) in [6.45, 7) is 13.8. The van der Waals surface area contributed by atoms with Crippen LogP contribution in [0.15, 0.2) is 0 Å². The van der Waals surface area contributed by atoms with Crippen molar-refractivity contribution in [3.63, 3.8) is 0 Å². The Morgan fingerprint density at radius 1 is 0.258 bits per heavy atom. The van der Waals surface area contributed by atoms with Crippen molar-refractivity contribution in [2.24, 2.45) is 17.8 Å². The van der Waals surface area contributed by atoms with Gasteiger partial charge in [0, 0.05) is 19.3 Å². The minimum atomic E-state index is -0.764. The van der Waals surface area contributed by atoms with Gasteiger partial charge in [-0.25, -0.2) is 0 Å². The summed E-state index contributed by atoms with van der Waals surface area (Å²) in [5.74, 6) is 1.66. The van der Waals surface area contributed by atoms with Gasteiger partial charge in [-0.05, 0) is 37.0 Å². The van der Waals surface area contributed by atoms with E-state index >= 15 is 0 Å². The normalized spacial score (nSPS) is 12.1. The predicted molar refractivity (Wildman–Crippen MR) is 284 cm³/mol. The summed E-state index contributed by atoms with van der Waals surface area (Å²) in [6, 6.07) is 0. The second-order valence-corrected chi connectivity index (χ2v) is 22.1. The Labute approximate surface area is 412 Å². The molecule has 0 heterocycles. The van der Waals surface area contributed by atoms with Gasteiger partial charge in [-0.15, -0.1) is 0 Å². The first-order valence-electron chi connectivity index (χ1n) is 29.6. The molecule has 0 aromatic carbocycles. The second kappa shape index (κ2) is 51.3. The lowest BCUT2D eigenvalue weighted by atomic mass is 10.0. The van der Waals surface area contributed by atoms with Crippen LogP contribution in [0, 0.1) is 17.8 Å². The van der Waals surface area contributed by atoms with Crippen molar-refractivity contribution in [2.45, 2.75) is 337 Å². The second-order valence-electron chi connectivity index (χ2n) is 22.1. The van der Waals surface area contributed by atoms with Crippen LogP contribution in [0.25, 0.3) is 0 Å². The van der Waals surface area contributed by atoms with E-state index in [-0.39, 0.29) is 31.1 Å². The topological polar surface area (TPSA) is 78.9 Å². The lowest BCUT2D eigenvalue weighted by molar-refractivity contribution is -0.167. The monoisotopic (exact) mass is 933 g/mol. The van der Waals surface area contributed by atoms with Crippen LogP contribution in [0.3, 0.4) is 0 Å². The lowest BCUT2D eigenvalue weighted by Gasteiger charge is -2.18. The van der Waals surface area contributed by atoms with Crippen LogP contribution in [-0.2, 0) is 28.6 Å². The molecule has 392 valence electrons. The van der Waals surface area contributed by atoms with Gasteiger partial charge in [0.05, 0.1) is 0 Å². The molecule has 0 saturated heterocycles. The van der Waals surface area contributed by atoms with E-state index in [0.717, 1.165) is 75.5 Å². The molecular formula is C60H116O6. The van der Waals surface area contributed by atoms with E-state index < -0.39 is 6.10 Å². The highest BCUT2D eigenvalue weighted by molar-refractivity contribution is 5.71. The Balaban J connectivity index is 4.24. The van der Waals surface area contributed by atoms with Gasteiger partial charge < -0.3 is 14.2 Å². The van der Waals surface area contributed by atoms with Crippen LogP contribution in [0.4, 0.5) is 0 Å². The molecule has 0 amide bonds. The van der Waals surface area contributed by atoms with E-state index in [1.807, 2.05) is 0 Å². The van der Waals surface area contributed by atoms with E-state index in [4.69, 9.17) is 14.2 Å². The van der Waals surface area contributed by atoms with Crippen LogP contribution >= 0.6 is 0 Å². The zero-order chi connectivity index (χ0) is 48.4. The molecule has 0 aromatic rings. The summed E-state index contributed by atoms with van der Waals surface area (Å²) in [5.41, 5.74) is 0. The fraction of sp³-hybridized carbons (Fsp3) is 0.950. The van der Waals surface area contributed by atoms with Crippen molar-refractivity contribution in [1.82, 2.24) is 0 Å². The molecular weight excluding hydrogens is 817 g/mol. The number of rotatable bonds is 53. The molecule has 0 bridgehead atoms. The molecule has 0 N–H and O–H groups in total. The standard InChI is InChI=1S/C60H116O6/c1-54(2)46-40-34-28-22-16-13-11-9-7-8-10-12-14-18-25-31-37-43-49-58(61)64-52-57(53-65-59(62)50-44-38-32-26-21-20-24-30-36-42-48-56(5)6)66-60(63)51-45-39-33-27-19-15-17-23-29-35-41-47-55(3)4/h54-57H,7-53H2,1-6H3/t57-/m0/s1. The van der Waals surface area contributed by atoms with Crippen LogP contribution in [-0.4, -0.2) is 37.2 Å². The van der Waals surface area contributed by atoms with Crippen LogP contribution in [0.2, 0.25) is 0 Å². The van der Waals surface area contributed by atoms with Crippen molar-refractivity contribution < 1.29 is 28.6 Å². The van der Waals surface area contributed by atoms with Crippen molar-refractivity contribution in [1.29, 1.82) is 0 Å². The molecule has 0 unspecified atom stereocenters. The zero-order valence-electron chi connectivity index (χ0n) is 45.5. The van der Waals surface area contributed by atoms with Gasteiger partial charge in [-0.3, -0.25) is 14.4 Å². The number of hydrogen-bond acceptors (Lipinski definition) is 6. The van der Waals surface area contributed by atoms with E-state index in [2.05, 4.69) is 41.5 Å². The van der Waals surface area contributed by atoms with E-state index in [1.54, 1.807) is 0 Å². The number of hydrogen-bond donors (Lipinski definition) is 0. The average molecular weight is 934 g/mol. The Hall–Kier alpha value is -1.59. The quantitative estimate of drug-likeness (QED) is 0.0343. The first-order valence-corrected chi connectivity index (χ1v) is 29.6. The molecule has 6 nitrogen and oxygen atoms in total. The molecule has 0 aliphatic rings. The molecule has 0 spiro atoms. The fourth-order valence-electron chi connectivity index (χ4n) is 9.18. The number of carbonyl (C=O) groups is 3. The van der Waals surface area contributed by atoms with Gasteiger partial charge in [0.2, 0.25) is 0 Å². The van der Waals surface area contributed by atoms with Crippen molar-refractivity contribution in [3.05, 3.63) is 0 Å². The third-order valence-corrected chi connectivity index (χ3v) is 13.6. The maximum absolute atomic E-state index is 12.8. The van der Waals surface area contributed by atoms with Gasteiger partial charge in [0.25, 0.3) is 0 Å². The summed E-state index contributed by atoms with van der Waals surface area (Å²) < 4.78 is 16.9. The Bertz CT molecular complexity index is 1020. The molecule has 0 rings (SSSR count). The zero-order valence-corrected chi connectivity index (χ0v) is 45.5. The van der Waals surface area contributed by atoms with Gasteiger partial charge in [-0.1, -0.05) is 292 Å². The molecule has 6 heteroatoms. The molecule has 1 atom stereocenters. The third kappa shape index (κ3) is 53.4. The predicted octanol–water partition coefficient (Wildman–Crippen LogP) is 19.5. The SMILES string of the molecule is CC(C)CCCCCCCCCCCCCCCCCCCCC(=O)OC[C@@H](COC(=O)CCCCCCCCCCCCC(C)C)OC(=O)CCCCCCCCCCCCCC(C)C. The van der Waals surface area contributed by atoms with Gasteiger partial charge >= 0.3 is 17.9 Å². The van der Waals surface area contributed by atoms with E-state index in [1.165, 1.54) is 212 Å². The maximum atomic E-state index is 12.8. The highest BCUT2D eigenvalue weighted by atomic mass is 16.6. The highest BCUT2D eigenvalue weighted by Crippen LogP contribution is 2.19. The van der Waals surface area contributed by atoms with Gasteiger partial charge in [0.15, 0.2) is 6.10 Å². The summed E-state index contributed by atoms with van der Waals surface area (Å²) >= 11 is 0. The fourth-order valence-corrected chi connectivity index (χ4v) is 9.18. The summed E-state index contributed by atoms with van der Waals surface area (Å²) in [7, 11) is 0. The number of esters is 3. The summed E-state index contributed by atoms with van der Waals surface area (Å²) in [6.07, 6.45) is 53.9. The number of ether oxygens (including phenoxy) is 3. The van der Waals surface area contributed by atoms with E-state index in [9.17, 15) is 14.4 Å². The maximum Gasteiger partial charge on any atom is 0.306 e. The molecule has 66 heavy (non-hydrogen) atoms. The van der Waals surface area contributed by atoms with Crippen molar-refractivity contribution in [3.8, 4) is 0 Å². The molecule has 0 radical (unpaired) electrons. The number of unbranched alkanes of at least 4 members (excludes halogenated alkanes) is 36. The summed E-state index contributed by atoms with van der Waals surface area (Å²) in [4.78, 5) is 38.1. The van der Waals surface area contributed by atoms with Crippen LogP contribution < -0.4 is 0 Å². The average Bonchev–Trinajstić information content (AvgIpc) is 3.28. The Morgan fingerprint density at radius 3 is 0.652 bits per heavy atom. The Kier molecular flexibility index (Phi) is 50.0. The van der Waals surface area contributed by atoms with Crippen LogP contribution in [0.1, 0.15) is 330 Å². The number of carbonyl (C=O) groups excluding carboxylic acids is 3. The molecule has 0 aromatic heterocycles. The van der Waals surface area contributed by atoms with E-state index in [0.29, 0.717) is 19.3 Å². The van der Waals surface area contributed by atoms with Crippen molar-refractivity contribution >= 4 is 17.9 Å². The highest BCUT2D eigenvalue weighted by Gasteiger charge is 2.19. The summed E-state index contributed by atoms with van der Waals surface area (Å²) in [5, 5.41) is 0. The molecule has 0 saturated carbocycles. The Morgan fingerprint density at radius 2 is 0.439 bits per heavy atom. The minimum Gasteiger partial charge on any atom is -0.462 e. The first kappa shape index (κ1) is 64.4. The molecule has 0 fully saturated rings. The molecule has 0 aliphatic carbocycles.